The Balaban J connectivity index is 3.62. The van der Waals surface area contributed by atoms with Crippen LogP contribution in [0.1, 0.15) is 0 Å². The van der Waals surface area contributed by atoms with Gasteiger partial charge in [0.25, 0.3) is 0 Å². The summed E-state index contributed by atoms with van der Waals surface area (Å²) in [6, 6.07) is 0. The molecule has 0 bridgehead atoms. The summed E-state index contributed by atoms with van der Waals surface area (Å²) in [6.45, 7) is 5.95. The Morgan fingerprint density at radius 3 is 1.75 bits per heavy atom. The number of hydrogen-bond acceptors (Lipinski definition) is 3. The van der Waals surface area contributed by atoms with Crippen molar-refractivity contribution in [1.29, 1.82) is 0 Å². The SMILES string of the molecule is CON(O)[Si](C)(C)C. The van der Waals surface area contributed by atoms with Gasteiger partial charge in [0.1, 0.15) is 0 Å². The maximum absolute atomic E-state index is 8.87. The molecule has 0 rings (SSSR count). The fourth-order valence-corrected chi connectivity index (χ4v) is 0.822. The van der Waals surface area contributed by atoms with Crippen LogP contribution in [0.15, 0.2) is 0 Å². The second-order valence-electron chi connectivity index (χ2n) is 2.63. The van der Waals surface area contributed by atoms with Crippen molar-refractivity contribution < 1.29 is 10.0 Å². The molecule has 0 heterocycles. The Morgan fingerprint density at radius 1 is 1.38 bits per heavy atom. The highest BCUT2D eigenvalue weighted by atomic mass is 28.3. The molecule has 0 saturated heterocycles. The highest BCUT2D eigenvalue weighted by molar-refractivity contribution is 6.72. The van der Waals surface area contributed by atoms with Crippen LogP contribution >= 0.6 is 0 Å². The highest BCUT2D eigenvalue weighted by Gasteiger charge is 2.22. The Bertz CT molecular complexity index is 70.9. The van der Waals surface area contributed by atoms with Crippen molar-refractivity contribution in [3.8, 4) is 0 Å². The Morgan fingerprint density at radius 2 is 1.75 bits per heavy atom. The van der Waals surface area contributed by atoms with Gasteiger partial charge in [0.2, 0.25) is 0 Å². The van der Waals surface area contributed by atoms with Crippen molar-refractivity contribution in [3.05, 3.63) is 0 Å². The zero-order chi connectivity index (χ0) is 6.78. The maximum Gasteiger partial charge on any atom is 0.188 e. The molecule has 3 nitrogen and oxygen atoms in total. The largest absolute Gasteiger partial charge is 0.297 e. The predicted molar refractivity (Wildman–Crippen MR) is 34.0 cm³/mol. The van der Waals surface area contributed by atoms with Crippen LogP contribution in [0, 0.1) is 0 Å². The molecule has 0 aromatic carbocycles. The molecule has 50 valence electrons. The molecule has 4 heteroatoms. The minimum absolute atomic E-state index is 0.951. The first-order chi connectivity index (χ1) is 3.48. The van der Waals surface area contributed by atoms with E-state index in [1.807, 2.05) is 19.6 Å². The van der Waals surface area contributed by atoms with Gasteiger partial charge in [-0.25, -0.2) is 0 Å². The molecule has 0 unspecified atom stereocenters. The minimum Gasteiger partial charge on any atom is -0.297 e. The van der Waals surface area contributed by atoms with Crippen LogP contribution in [0.4, 0.5) is 0 Å². The zero-order valence-corrected chi connectivity index (χ0v) is 6.80. The number of nitrogens with zero attached hydrogens (tertiary/aromatic N) is 1. The van der Waals surface area contributed by atoms with Gasteiger partial charge in [0.15, 0.2) is 8.24 Å². The number of hydrogen-bond donors (Lipinski definition) is 1. The van der Waals surface area contributed by atoms with E-state index in [1.54, 1.807) is 0 Å². The van der Waals surface area contributed by atoms with E-state index in [9.17, 15) is 0 Å². The second kappa shape index (κ2) is 2.59. The van der Waals surface area contributed by atoms with E-state index in [0.29, 0.717) is 0 Å². The van der Waals surface area contributed by atoms with Gasteiger partial charge in [-0.15, -0.1) is 4.89 Å². The van der Waals surface area contributed by atoms with E-state index in [-0.39, 0.29) is 0 Å². The van der Waals surface area contributed by atoms with Crippen LogP contribution in [0.3, 0.4) is 0 Å². The zero-order valence-electron chi connectivity index (χ0n) is 5.80. The molecule has 0 aliphatic carbocycles. The van der Waals surface area contributed by atoms with Gasteiger partial charge in [-0.05, 0) is 0 Å². The Hall–Kier alpha value is 0.0969. The molecule has 0 spiro atoms. The molecule has 8 heavy (non-hydrogen) atoms. The van der Waals surface area contributed by atoms with Gasteiger partial charge in [0.05, 0.1) is 7.11 Å². The lowest BCUT2D eigenvalue weighted by Crippen LogP contribution is -2.42. The second-order valence-corrected chi connectivity index (χ2v) is 7.35. The van der Waals surface area contributed by atoms with Crippen molar-refractivity contribution in [1.82, 2.24) is 4.89 Å². The van der Waals surface area contributed by atoms with Crippen molar-refractivity contribution in [2.75, 3.05) is 7.11 Å². The van der Waals surface area contributed by atoms with E-state index < -0.39 is 8.24 Å². The van der Waals surface area contributed by atoms with E-state index >= 15 is 0 Å². The monoisotopic (exact) mass is 135 g/mol. The van der Waals surface area contributed by atoms with E-state index in [2.05, 4.69) is 4.84 Å². The fraction of sp³-hybridized carbons (Fsp3) is 1.00. The summed E-state index contributed by atoms with van der Waals surface area (Å²) in [5.41, 5.74) is 0. The van der Waals surface area contributed by atoms with Gasteiger partial charge < -0.3 is 0 Å². The summed E-state index contributed by atoms with van der Waals surface area (Å²) in [5, 5.41) is 8.87. The molecular weight excluding hydrogens is 122 g/mol. The molecular formula is C4H13NO2Si. The van der Waals surface area contributed by atoms with Crippen molar-refractivity contribution >= 4 is 8.24 Å². The van der Waals surface area contributed by atoms with Crippen LogP contribution in [0.25, 0.3) is 0 Å². The summed E-state index contributed by atoms with van der Waals surface area (Å²) >= 11 is 0. The molecule has 0 aromatic rings. The van der Waals surface area contributed by atoms with Crippen molar-refractivity contribution in [2.45, 2.75) is 19.6 Å². The van der Waals surface area contributed by atoms with Gasteiger partial charge in [-0.2, -0.15) is 0 Å². The lowest BCUT2D eigenvalue weighted by molar-refractivity contribution is -0.263. The third-order valence-electron chi connectivity index (χ3n) is 0.747. The standard InChI is InChI=1S/C4H13NO2Si/c1-7-5(6)8(2,3)4/h6H,1-4H3. The van der Waals surface area contributed by atoms with Crippen LogP contribution in [-0.4, -0.2) is 25.4 Å². The predicted octanol–water partition coefficient (Wildman–Crippen LogP) is 1.07. The Kier molecular flexibility index (Phi) is 2.62. The third kappa shape index (κ3) is 2.42. The lowest BCUT2D eigenvalue weighted by Gasteiger charge is -2.23. The topological polar surface area (TPSA) is 32.7 Å². The molecule has 0 aliphatic rings. The van der Waals surface area contributed by atoms with Crippen LogP contribution in [0.2, 0.25) is 19.6 Å². The van der Waals surface area contributed by atoms with Crippen LogP contribution in [-0.2, 0) is 4.84 Å². The molecule has 1 N–H and O–H groups in total. The minimum atomic E-state index is -1.59. The normalized spacial score (nSPS) is 12.8. The molecule has 0 amide bonds. The van der Waals surface area contributed by atoms with Crippen LogP contribution in [0.5, 0.6) is 0 Å². The summed E-state index contributed by atoms with van der Waals surface area (Å²) < 4.78 is 0. The van der Waals surface area contributed by atoms with Gasteiger partial charge >= 0.3 is 0 Å². The maximum atomic E-state index is 8.87. The third-order valence-corrected chi connectivity index (χ3v) is 2.08. The highest BCUT2D eigenvalue weighted by Crippen LogP contribution is 2.04. The smallest absolute Gasteiger partial charge is 0.188 e. The first-order valence-electron chi connectivity index (χ1n) is 2.51. The molecule has 0 atom stereocenters. The Labute approximate surface area is 50.9 Å². The summed E-state index contributed by atoms with van der Waals surface area (Å²) in [6.07, 6.45) is 0. The van der Waals surface area contributed by atoms with Crippen molar-refractivity contribution in [3.63, 3.8) is 0 Å². The lowest BCUT2D eigenvalue weighted by atomic mass is 11.7. The quantitative estimate of drug-likeness (QED) is 0.454. The summed E-state index contributed by atoms with van der Waals surface area (Å²) in [4.78, 5) is 5.52. The van der Waals surface area contributed by atoms with Crippen LogP contribution < -0.4 is 0 Å². The summed E-state index contributed by atoms with van der Waals surface area (Å²) in [7, 11) is -0.137. The van der Waals surface area contributed by atoms with E-state index in [1.165, 1.54) is 7.11 Å². The van der Waals surface area contributed by atoms with E-state index in [0.717, 1.165) is 4.89 Å². The first-order valence-corrected chi connectivity index (χ1v) is 5.96. The average molecular weight is 135 g/mol. The van der Waals surface area contributed by atoms with Crippen molar-refractivity contribution in [2.24, 2.45) is 0 Å². The van der Waals surface area contributed by atoms with E-state index in [4.69, 9.17) is 5.21 Å². The number of rotatable bonds is 2. The summed E-state index contributed by atoms with van der Waals surface area (Å²) in [5.74, 6) is 0. The molecule has 0 aliphatic heterocycles. The average Bonchev–Trinajstić information content (AvgIpc) is 1.62. The molecule has 0 radical (unpaired) electrons. The van der Waals surface area contributed by atoms with Gasteiger partial charge in [0, 0.05) is 0 Å². The van der Waals surface area contributed by atoms with Gasteiger partial charge in [-0.3, -0.25) is 10.0 Å². The first kappa shape index (κ1) is 8.10. The van der Waals surface area contributed by atoms with Gasteiger partial charge in [-0.1, -0.05) is 19.6 Å². The molecule has 0 saturated carbocycles. The fourth-order valence-electron chi connectivity index (χ4n) is 0.274. The molecule has 0 fully saturated rings. The molecule has 0 aromatic heterocycles.